The van der Waals surface area contributed by atoms with Gasteiger partial charge in [0.25, 0.3) is 0 Å². The maximum atomic E-state index is 11.7. The largest absolute Gasteiger partial charge is 0.496 e. The molecule has 5 aromatic rings. The Bertz CT molecular complexity index is 1600. The van der Waals surface area contributed by atoms with Crippen LogP contribution in [0.25, 0.3) is 33.1 Å². The van der Waals surface area contributed by atoms with Gasteiger partial charge in [0.05, 0.1) is 36.2 Å². The Hall–Kier alpha value is -4.11. The Morgan fingerprint density at radius 2 is 2.03 bits per heavy atom. The van der Waals surface area contributed by atoms with Crippen LogP contribution in [0.2, 0.25) is 5.02 Å². The summed E-state index contributed by atoms with van der Waals surface area (Å²) >= 11 is 6.19. The number of nitrogens with one attached hydrogen (secondary N) is 2. The molecule has 0 amide bonds. The molecule has 1 atom stereocenters. The molecule has 0 saturated carbocycles. The van der Waals surface area contributed by atoms with E-state index in [1.54, 1.807) is 32.2 Å². The number of benzene rings is 2. The number of nitrogens with zero attached hydrogens (tertiary/aromatic N) is 3. The molecule has 3 aromatic heterocycles. The molecule has 184 valence electrons. The molecule has 0 saturated heterocycles. The molecule has 0 aliphatic carbocycles. The maximum Gasteiger partial charge on any atom is 0.305 e. The summed E-state index contributed by atoms with van der Waals surface area (Å²) in [6.07, 6.45) is -0.160. The van der Waals surface area contributed by atoms with Crippen LogP contribution < -0.4 is 10.1 Å². The summed E-state index contributed by atoms with van der Waals surface area (Å²) in [5.74, 6) is 1.44. The average Bonchev–Trinajstić information content (AvgIpc) is 3.35. The Morgan fingerprint density at radius 1 is 1.22 bits per heavy atom. The molecule has 0 aliphatic heterocycles. The van der Waals surface area contributed by atoms with Crippen LogP contribution in [0.3, 0.4) is 0 Å². The molecule has 5 rings (SSSR count). The molecular weight excluding hydrogens is 482 g/mol. The van der Waals surface area contributed by atoms with Crippen molar-refractivity contribution < 1.29 is 19.2 Å². The van der Waals surface area contributed by atoms with Gasteiger partial charge < -0.3 is 24.7 Å². The fraction of sp³-hybridized carbons (Fsp3) is 0.231. The first-order valence-corrected chi connectivity index (χ1v) is 11.7. The number of aromatic nitrogens is 4. The number of methoxy groups -OCH3 is 1. The summed E-state index contributed by atoms with van der Waals surface area (Å²) in [6, 6.07) is 10.5. The second-order valence-electron chi connectivity index (χ2n) is 8.62. The number of H-pyrrole nitrogens is 1. The van der Waals surface area contributed by atoms with Crippen LogP contribution in [-0.4, -0.2) is 38.3 Å². The zero-order chi connectivity index (χ0) is 25.6. The van der Waals surface area contributed by atoms with Crippen LogP contribution in [0.15, 0.2) is 40.9 Å². The number of halogens is 1. The minimum atomic E-state index is -0.945. The third-order valence-corrected chi connectivity index (χ3v) is 6.36. The zero-order valence-corrected chi connectivity index (χ0v) is 20.9. The molecule has 0 fully saturated rings. The van der Waals surface area contributed by atoms with E-state index in [0.29, 0.717) is 33.8 Å². The predicted molar refractivity (Wildman–Crippen MR) is 138 cm³/mol. The molecule has 2 aromatic carbocycles. The molecule has 10 heteroatoms. The summed E-state index contributed by atoms with van der Waals surface area (Å²) in [4.78, 5) is 24.3. The van der Waals surface area contributed by atoms with Crippen molar-refractivity contribution in [1.29, 1.82) is 0 Å². The first-order valence-electron chi connectivity index (χ1n) is 11.3. The van der Waals surface area contributed by atoms with Gasteiger partial charge in [-0.15, -0.1) is 0 Å². The van der Waals surface area contributed by atoms with E-state index in [2.05, 4.69) is 25.4 Å². The quantitative estimate of drug-likeness (QED) is 0.246. The van der Waals surface area contributed by atoms with Crippen molar-refractivity contribution in [2.45, 2.75) is 33.2 Å². The van der Waals surface area contributed by atoms with Gasteiger partial charge in [-0.25, -0.2) is 9.97 Å². The Balaban J connectivity index is 1.70. The number of hydrogen-bond acceptors (Lipinski definition) is 7. The van der Waals surface area contributed by atoms with E-state index in [4.69, 9.17) is 20.9 Å². The van der Waals surface area contributed by atoms with Crippen LogP contribution in [0.4, 0.5) is 5.82 Å². The van der Waals surface area contributed by atoms with Gasteiger partial charge in [0, 0.05) is 21.5 Å². The number of fused-ring (bicyclic) bond motifs is 3. The fourth-order valence-electron chi connectivity index (χ4n) is 4.59. The van der Waals surface area contributed by atoms with E-state index in [9.17, 15) is 9.90 Å². The molecule has 3 N–H and O–H groups in total. The van der Waals surface area contributed by atoms with Crippen molar-refractivity contribution in [2.75, 3.05) is 12.4 Å². The second-order valence-corrected chi connectivity index (χ2v) is 9.05. The highest BCUT2D eigenvalue weighted by Crippen LogP contribution is 2.41. The molecule has 0 aliphatic rings. The number of carbonyl (C=O) groups is 1. The number of hydrogen-bond donors (Lipinski definition) is 3. The first-order chi connectivity index (χ1) is 17.2. The van der Waals surface area contributed by atoms with Crippen molar-refractivity contribution in [3.63, 3.8) is 0 Å². The van der Waals surface area contributed by atoms with Gasteiger partial charge in [-0.05, 0) is 50.6 Å². The first kappa shape index (κ1) is 23.6. The molecule has 0 radical (unpaired) electrons. The summed E-state index contributed by atoms with van der Waals surface area (Å²) in [5, 5.41) is 19.1. The smallest absolute Gasteiger partial charge is 0.305 e. The van der Waals surface area contributed by atoms with E-state index >= 15 is 0 Å². The zero-order valence-electron chi connectivity index (χ0n) is 20.1. The van der Waals surface area contributed by atoms with Crippen molar-refractivity contribution in [3.8, 4) is 16.9 Å². The minimum Gasteiger partial charge on any atom is -0.496 e. The number of ether oxygens (including phenoxy) is 1. The van der Waals surface area contributed by atoms with Gasteiger partial charge in [0.15, 0.2) is 0 Å². The van der Waals surface area contributed by atoms with E-state index in [1.165, 1.54) is 0 Å². The van der Waals surface area contributed by atoms with Gasteiger partial charge in [-0.1, -0.05) is 28.9 Å². The highest BCUT2D eigenvalue weighted by molar-refractivity contribution is 6.30. The van der Waals surface area contributed by atoms with Crippen molar-refractivity contribution in [3.05, 3.63) is 64.3 Å². The fourth-order valence-corrected chi connectivity index (χ4v) is 4.79. The van der Waals surface area contributed by atoms with Crippen molar-refractivity contribution in [2.24, 2.45) is 0 Å². The summed E-state index contributed by atoms with van der Waals surface area (Å²) < 4.78 is 11.1. The van der Waals surface area contributed by atoms with Crippen molar-refractivity contribution in [1.82, 2.24) is 20.1 Å². The normalized spacial score (nSPS) is 12.2. The summed E-state index contributed by atoms with van der Waals surface area (Å²) in [6.45, 7) is 5.53. The highest BCUT2D eigenvalue weighted by atomic mass is 35.5. The van der Waals surface area contributed by atoms with E-state index in [1.807, 2.05) is 32.0 Å². The molecule has 0 spiro atoms. The monoisotopic (exact) mass is 505 g/mol. The molecule has 0 unspecified atom stereocenters. The van der Waals surface area contributed by atoms with Crippen LogP contribution in [0.5, 0.6) is 5.75 Å². The molecule has 3 heterocycles. The van der Waals surface area contributed by atoms with Crippen molar-refractivity contribution >= 4 is 45.3 Å². The van der Waals surface area contributed by atoms with Gasteiger partial charge in [-0.3, -0.25) is 4.79 Å². The lowest BCUT2D eigenvalue weighted by molar-refractivity contribution is -0.137. The summed E-state index contributed by atoms with van der Waals surface area (Å²) in [7, 11) is 1.61. The lowest BCUT2D eigenvalue weighted by atomic mass is 10.0. The van der Waals surface area contributed by atoms with Gasteiger partial charge in [0.1, 0.15) is 28.8 Å². The third kappa shape index (κ3) is 4.22. The number of aryl methyl sites for hydroxylation is 3. The number of carboxylic acids is 1. The topological polar surface area (TPSA) is 126 Å². The number of aliphatic carboxylic acids is 1. The second kappa shape index (κ2) is 9.16. The minimum absolute atomic E-state index is 0.160. The molecule has 36 heavy (non-hydrogen) atoms. The van der Waals surface area contributed by atoms with Crippen LogP contribution >= 0.6 is 11.6 Å². The lowest BCUT2D eigenvalue weighted by Crippen LogP contribution is -2.16. The summed E-state index contributed by atoms with van der Waals surface area (Å²) in [5.41, 5.74) is 4.66. The molecule has 0 bridgehead atoms. The van der Waals surface area contributed by atoms with Gasteiger partial charge >= 0.3 is 5.97 Å². The van der Waals surface area contributed by atoms with Crippen LogP contribution in [0.1, 0.15) is 35.3 Å². The standard InChI is InChI=1S/C26H24ClN5O4/c1-12-23(13(2)36-32-12)18-9-20-17(10-21(18)35-4)24-25(28-14(3)29-26(24)31-20)30-19(11-22(33)34)15-6-5-7-16(27)8-15/h5-10,19H,11H2,1-4H3,(H,33,34)(H2,28,29,30,31)/t19-/m1/s1. The molecule has 9 nitrogen and oxygen atoms in total. The SMILES string of the molecule is COc1cc2c(cc1-c1c(C)noc1C)[nH]c1nc(C)nc(N[C@H](CC(=O)O)c3cccc(Cl)c3)c12. The maximum absolute atomic E-state index is 11.7. The third-order valence-electron chi connectivity index (χ3n) is 6.13. The van der Waals surface area contributed by atoms with E-state index in [-0.39, 0.29) is 6.42 Å². The van der Waals surface area contributed by atoms with Gasteiger partial charge in [0.2, 0.25) is 0 Å². The van der Waals surface area contributed by atoms with Gasteiger partial charge in [-0.2, -0.15) is 0 Å². The Morgan fingerprint density at radius 3 is 2.69 bits per heavy atom. The Labute approximate surface area is 211 Å². The van der Waals surface area contributed by atoms with Crippen LogP contribution in [0, 0.1) is 20.8 Å². The number of rotatable bonds is 7. The van der Waals surface area contributed by atoms with E-state index in [0.717, 1.165) is 38.7 Å². The average molecular weight is 506 g/mol. The number of carboxylic acid groups (broad SMARTS) is 1. The Kier molecular flexibility index (Phi) is 6.01. The molecular formula is C26H24ClN5O4. The number of aromatic amines is 1. The lowest BCUT2D eigenvalue weighted by Gasteiger charge is -2.19. The van der Waals surface area contributed by atoms with E-state index < -0.39 is 12.0 Å². The van der Waals surface area contributed by atoms with Crippen LogP contribution in [-0.2, 0) is 4.79 Å². The number of anilines is 1. The highest BCUT2D eigenvalue weighted by Gasteiger charge is 2.23. The predicted octanol–water partition coefficient (Wildman–Crippen LogP) is 5.98.